The van der Waals surface area contributed by atoms with Crippen LogP contribution in [0.4, 0.5) is 0 Å². The van der Waals surface area contributed by atoms with E-state index < -0.39 is 5.97 Å². The van der Waals surface area contributed by atoms with Crippen LogP contribution in [0.1, 0.15) is 36.7 Å². The topological polar surface area (TPSA) is 79.4 Å². The number of pyridine rings is 1. The molecule has 2 aromatic rings. The van der Waals surface area contributed by atoms with Gasteiger partial charge in [0.25, 0.3) is 5.56 Å². The second-order valence-corrected chi connectivity index (χ2v) is 6.07. The van der Waals surface area contributed by atoms with Gasteiger partial charge < -0.3 is 14.8 Å². The lowest BCUT2D eigenvalue weighted by Gasteiger charge is -2.24. The molecule has 0 aliphatic heterocycles. The zero-order valence-electron chi connectivity index (χ0n) is 13.1. The summed E-state index contributed by atoms with van der Waals surface area (Å²) in [5.41, 5.74) is 1.03. The molecule has 5 heteroatoms. The summed E-state index contributed by atoms with van der Waals surface area (Å²) >= 11 is 0. The molecule has 0 atom stereocenters. The third-order valence-electron chi connectivity index (χ3n) is 3.49. The second-order valence-electron chi connectivity index (χ2n) is 6.07. The van der Waals surface area contributed by atoms with Crippen LogP contribution < -0.4 is 10.3 Å². The monoisotopic (exact) mass is 301 g/mol. The maximum atomic E-state index is 12.0. The van der Waals surface area contributed by atoms with Gasteiger partial charge in [0.05, 0.1) is 12.7 Å². The minimum atomic E-state index is -1.10. The number of ether oxygens (including phenoxy) is 1. The number of carboxylic acids is 1. The van der Waals surface area contributed by atoms with Gasteiger partial charge in [-0.05, 0) is 29.7 Å². The zero-order chi connectivity index (χ0) is 16.5. The van der Waals surface area contributed by atoms with Crippen molar-refractivity contribution in [3.8, 4) is 16.9 Å². The molecule has 22 heavy (non-hydrogen) atoms. The van der Waals surface area contributed by atoms with Crippen LogP contribution in [0.25, 0.3) is 11.1 Å². The molecule has 1 aromatic heterocycles. The smallest absolute Gasteiger partial charge is 0.336 e. The highest BCUT2D eigenvalue weighted by Crippen LogP contribution is 2.36. The molecule has 1 heterocycles. The van der Waals surface area contributed by atoms with Gasteiger partial charge in [-0.1, -0.05) is 20.8 Å². The highest BCUT2D eigenvalue weighted by molar-refractivity contribution is 5.97. The van der Waals surface area contributed by atoms with Crippen LogP contribution >= 0.6 is 0 Å². The third-order valence-corrected chi connectivity index (χ3v) is 3.49. The fraction of sp³-hybridized carbons (Fsp3) is 0.294. The summed E-state index contributed by atoms with van der Waals surface area (Å²) in [4.78, 5) is 26.2. The molecule has 0 aliphatic carbocycles. The van der Waals surface area contributed by atoms with E-state index in [1.807, 2.05) is 20.8 Å². The van der Waals surface area contributed by atoms with Gasteiger partial charge in [-0.15, -0.1) is 0 Å². The van der Waals surface area contributed by atoms with Crippen molar-refractivity contribution in [2.24, 2.45) is 0 Å². The van der Waals surface area contributed by atoms with Crippen molar-refractivity contribution in [2.45, 2.75) is 26.2 Å². The van der Waals surface area contributed by atoms with Crippen LogP contribution in [0.3, 0.4) is 0 Å². The quantitative estimate of drug-likeness (QED) is 0.913. The van der Waals surface area contributed by atoms with E-state index >= 15 is 0 Å². The fourth-order valence-electron chi connectivity index (χ4n) is 2.37. The molecule has 5 nitrogen and oxygen atoms in total. The Hall–Kier alpha value is -2.56. The van der Waals surface area contributed by atoms with E-state index in [1.54, 1.807) is 18.2 Å². The number of rotatable bonds is 3. The lowest BCUT2D eigenvalue weighted by atomic mass is 9.83. The fourth-order valence-corrected chi connectivity index (χ4v) is 2.37. The van der Waals surface area contributed by atoms with Gasteiger partial charge in [0.1, 0.15) is 5.75 Å². The maximum Gasteiger partial charge on any atom is 0.336 e. The minimum Gasteiger partial charge on any atom is -0.496 e. The Morgan fingerprint density at radius 3 is 2.41 bits per heavy atom. The highest BCUT2D eigenvalue weighted by atomic mass is 16.5. The Bertz CT molecular complexity index is 769. The van der Waals surface area contributed by atoms with Crippen LogP contribution in [-0.2, 0) is 5.41 Å². The summed E-state index contributed by atoms with van der Waals surface area (Å²) in [5.74, 6) is -0.599. The number of aromatic nitrogens is 1. The predicted octanol–water partition coefficient (Wildman–Crippen LogP) is 3.05. The molecule has 0 fully saturated rings. The van der Waals surface area contributed by atoms with Crippen molar-refractivity contribution < 1.29 is 14.6 Å². The first-order valence-electron chi connectivity index (χ1n) is 6.89. The van der Waals surface area contributed by atoms with E-state index in [9.17, 15) is 14.7 Å². The summed E-state index contributed by atoms with van der Waals surface area (Å²) in [7, 11) is 1.51. The molecule has 0 saturated heterocycles. The Kier molecular flexibility index (Phi) is 4.08. The molecule has 0 spiro atoms. The average Bonchev–Trinajstić information content (AvgIpc) is 2.45. The first kappa shape index (κ1) is 15.8. The van der Waals surface area contributed by atoms with Crippen molar-refractivity contribution in [3.05, 3.63) is 51.9 Å². The number of benzene rings is 1. The number of carbonyl (C=O) groups is 1. The standard InChI is InChI=1S/C17H19NO4/c1-17(2,3)13-8-11(10-6-5-7-18-15(10)19)12(16(20)21)9-14(13)22-4/h5-9H,1-4H3,(H,18,19)(H,20,21). The first-order chi connectivity index (χ1) is 10.3. The molecule has 116 valence electrons. The molecule has 0 unspecified atom stereocenters. The number of aromatic carboxylic acids is 1. The van der Waals surface area contributed by atoms with E-state index in [-0.39, 0.29) is 16.5 Å². The molecule has 0 saturated carbocycles. The van der Waals surface area contributed by atoms with Crippen LogP contribution in [0.2, 0.25) is 0 Å². The number of methoxy groups -OCH3 is 1. The van der Waals surface area contributed by atoms with E-state index in [4.69, 9.17) is 4.74 Å². The Labute approximate surface area is 128 Å². The zero-order valence-corrected chi connectivity index (χ0v) is 13.1. The molecule has 1 aromatic carbocycles. The van der Waals surface area contributed by atoms with Gasteiger partial charge in [-0.3, -0.25) is 4.79 Å². The van der Waals surface area contributed by atoms with E-state index in [0.29, 0.717) is 16.9 Å². The van der Waals surface area contributed by atoms with Crippen LogP contribution in [0, 0.1) is 0 Å². The van der Waals surface area contributed by atoms with E-state index in [0.717, 1.165) is 5.56 Å². The van der Waals surface area contributed by atoms with Crippen LogP contribution in [-0.4, -0.2) is 23.2 Å². The van der Waals surface area contributed by atoms with Crippen molar-refractivity contribution >= 4 is 5.97 Å². The number of nitrogens with one attached hydrogen (secondary N) is 1. The summed E-state index contributed by atoms with van der Waals surface area (Å²) in [5, 5.41) is 9.46. The Balaban J connectivity index is 2.85. The Morgan fingerprint density at radius 2 is 1.91 bits per heavy atom. The molecular formula is C17H19NO4. The van der Waals surface area contributed by atoms with Gasteiger partial charge in [0.15, 0.2) is 0 Å². The molecule has 0 aliphatic rings. The molecule has 2 rings (SSSR count). The summed E-state index contributed by atoms with van der Waals surface area (Å²) in [6.45, 7) is 6.01. The summed E-state index contributed by atoms with van der Waals surface area (Å²) < 4.78 is 5.33. The van der Waals surface area contributed by atoms with Gasteiger partial charge in [0, 0.05) is 22.9 Å². The van der Waals surface area contributed by atoms with Crippen molar-refractivity contribution in [1.82, 2.24) is 4.98 Å². The van der Waals surface area contributed by atoms with E-state index in [2.05, 4.69) is 4.98 Å². The molecular weight excluding hydrogens is 282 g/mol. The van der Waals surface area contributed by atoms with Crippen molar-refractivity contribution in [2.75, 3.05) is 7.11 Å². The lowest BCUT2D eigenvalue weighted by Crippen LogP contribution is -2.16. The van der Waals surface area contributed by atoms with Gasteiger partial charge >= 0.3 is 5.97 Å². The number of aromatic amines is 1. The van der Waals surface area contributed by atoms with Gasteiger partial charge in [-0.2, -0.15) is 0 Å². The number of hydrogen-bond donors (Lipinski definition) is 2. The summed E-state index contributed by atoms with van der Waals surface area (Å²) in [6.07, 6.45) is 1.51. The normalized spacial score (nSPS) is 11.3. The number of H-pyrrole nitrogens is 1. The maximum absolute atomic E-state index is 12.0. The van der Waals surface area contributed by atoms with Crippen molar-refractivity contribution in [3.63, 3.8) is 0 Å². The number of hydrogen-bond acceptors (Lipinski definition) is 3. The Morgan fingerprint density at radius 1 is 1.23 bits per heavy atom. The largest absolute Gasteiger partial charge is 0.496 e. The first-order valence-corrected chi connectivity index (χ1v) is 6.89. The lowest BCUT2D eigenvalue weighted by molar-refractivity contribution is 0.0697. The van der Waals surface area contributed by atoms with Crippen LogP contribution in [0.15, 0.2) is 35.3 Å². The molecule has 0 radical (unpaired) electrons. The van der Waals surface area contributed by atoms with E-state index in [1.165, 1.54) is 19.4 Å². The molecule has 2 N–H and O–H groups in total. The third kappa shape index (κ3) is 2.88. The van der Waals surface area contributed by atoms with Crippen molar-refractivity contribution in [1.29, 1.82) is 0 Å². The predicted molar refractivity (Wildman–Crippen MR) is 84.7 cm³/mol. The van der Waals surface area contributed by atoms with Crippen LogP contribution in [0.5, 0.6) is 5.75 Å². The average molecular weight is 301 g/mol. The SMILES string of the molecule is COc1cc(C(=O)O)c(-c2ccc[nH]c2=O)cc1C(C)(C)C. The van der Waals surface area contributed by atoms with Gasteiger partial charge in [-0.25, -0.2) is 4.79 Å². The molecule has 0 amide bonds. The summed E-state index contributed by atoms with van der Waals surface area (Å²) in [6, 6.07) is 6.49. The van der Waals surface area contributed by atoms with Gasteiger partial charge in [0.2, 0.25) is 0 Å². The number of carboxylic acid groups (broad SMARTS) is 1. The highest BCUT2D eigenvalue weighted by Gasteiger charge is 2.24. The molecule has 0 bridgehead atoms. The second kappa shape index (κ2) is 5.67. The minimum absolute atomic E-state index is 0.0431.